The van der Waals surface area contributed by atoms with E-state index in [4.69, 9.17) is 9.97 Å². The molecule has 0 spiro atoms. The molecule has 4 rings (SSSR count). The molecule has 1 aromatic carbocycles. The number of hydrogen-bond acceptors (Lipinski definition) is 5. The van der Waals surface area contributed by atoms with Crippen molar-refractivity contribution in [3.05, 3.63) is 46.1 Å². The largest absolute Gasteiger partial charge is 0.418 e. The first-order valence-electron chi connectivity index (χ1n) is 10.1. The lowest BCUT2D eigenvalue weighted by Crippen LogP contribution is -2.18. The van der Waals surface area contributed by atoms with Crippen LogP contribution >= 0.6 is 23.1 Å². The lowest BCUT2D eigenvalue weighted by molar-refractivity contribution is -0.137. The fourth-order valence-corrected chi connectivity index (χ4v) is 5.86. The third-order valence-electron chi connectivity index (χ3n) is 5.16. The number of thiophene rings is 1. The van der Waals surface area contributed by atoms with Gasteiger partial charge in [-0.3, -0.25) is 4.79 Å². The quantitative estimate of drug-likeness (QED) is 0.348. The monoisotopic (exact) mass is 465 g/mol. The summed E-state index contributed by atoms with van der Waals surface area (Å²) in [5, 5.41) is 4.16. The molecule has 0 saturated carbocycles. The summed E-state index contributed by atoms with van der Waals surface area (Å²) in [5.74, 6) is 0.330. The number of rotatable bonds is 5. The molecule has 0 fully saturated rings. The lowest BCUT2D eigenvalue weighted by atomic mass is 9.97. The van der Waals surface area contributed by atoms with Gasteiger partial charge in [0.2, 0.25) is 5.91 Å². The molecule has 0 bridgehead atoms. The third kappa shape index (κ3) is 4.72. The fraction of sp³-hybridized carbons (Fsp3) is 0.409. The predicted molar refractivity (Wildman–Crippen MR) is 119 cm³/mol. The van der Waals surface area contributed by atoms with Gasteiger partial charge in [-0.25, -0.2) is 9.97 Å². The van der Waals surface area contributed by atoms with Gasteiger partial charge in [-0.2, -0.15) is 13.2 Å². The van der Waals surface area contributed by atoms with Crippen molar-refractivity contribution in [1.29, 1.82) is 0 Å². The molecule has 0 atom stereocenters. The standard InChI is InChI=1S/C22H22F3N3OS2/c1-12(2)19-27-20(18-13-7-3-6-10-16(13)31-21(18)28-19)30-11-17(29)26-15-9-5-4-8-14(15)22(23,24)25/h4-5,8-9,12H,3,6-7,10-11H2,1-2H3,(H,26,29). The van der Waals surface area contributed by atoms with Crippen LogP contribution in [0.25, 0.3) is 10.2 Å². The molecule has 1 aliphatic rings. The lowest BCUT2D eigenvalue weighted by Gasteiger charge is -2.14. The zero-order valence-electron chi connectivity index (χ0n) is 17.2. The molecule has 0 saturated heterocycles. The summed E-state index contributed by atoms with van der Waals surface area (Å²) in [6.07, 6.45) is -0.250. The second-order valence-electron chi connectivity index (χ2n) is 7.81. The molecule has 164 valence electrons. The average Bonchev–Trinajstić information content (AvgIpc) is 3.10. The van der Waals surface area contributed by atoms with Crippen LogP contribution in [0.2, 0.25) is 0 Å². The number of thioether (sulfide) groups is 1. The van der Waals surface area contributed by atoms with E-state index in [0.29, 0.717) is 0 Å². The van der Waals surface area contributed by atoms with Crippen molar-refractivity contribution < 1.29 is 18.0 Å². The number of benzene rings is 1. The van der Waals surface area contributed by atoms with Crippen molar-refractivity contribution in [3.8, 4) is 0 Å². The van der Waals surface area contributed by atoms with Crippen molar-refractivity contribution in [2.75, 3.05) is 11.1 Å². The van der Waals surface area contributed by atoms with E-state index >= 15 is 0 Å². The number of amides is 1. The van der Waals surface area contributed by atoms with Crippen LogP contribution in [0.4, 0.5) is 18.9 Å². The average molecular weight is 466 g/mol. The number of aryl methyl sites for hydroxylation is 2. The van der Waals surface area contributed by atoms with E-state index in [2.05, 4.69) is 5.32 Å². The first-order valence-corrected chi connectivity index (χ1v) is 12.0. The van der Waals surface area contributed by atoms with Gasteiger partial charge >= 0.3 is 6.18 Å². The Hall–Kier alpha value is -2.13. The molecule has 0 unspecified atom stereocenters. The van der Waals surface area contributed by atoms with Crippen LogP contribution in [-0.4, -0.2) is 21.6 Å². The van der Waals surface area contributed by atoms with E-state index in [-0.39, 0.29) is 17.4 Å². The van der Waals surface area contributed by atoms with Gasteiger partial charge in [0.25, 0.3) is 0 Å². The highest BCUT2D eigenvalue weighted by Gasteiger charge is 2.33. The number of hydrogen-bond donors (Lipinski definition) is 1. The number of carbonyl (C=O) groups excluding carboxylic acids is 1. The Balaban J connectivity index is 1.59. The summed E-state index contributed by atoms with van der Waals surface area (Å²) in [6, 6.07) is 5.00. The number of para-hydroxylation sites is 1. The van der Waals surface area contributed by atoms with Gasteiger partial charge in [0, 0.05) is 16.2 Å². The molecule has 2 heterocycles. The second kappa shape index (κ2) is 8.78. The summed E-state index contributed by atoms with van der Waals surface area (Å²) < 4.78 is 39.6. The Morgan fingerprint density at radius 2 is 1.94 bits per heavy atom. The molecule has 3 aromatic rings. The zero-order chi connectivity index (χ0) is 22.2. The predicted octanol–water partition coefficient (Wildman–Crippen LogP) is 6.44. The van der Waals surface area contributed by atoms with Crippen LogP contribution < -0.4 is 5.32 Å². The highest BCUT2D eigenvalue weighted by molar-refractivity contribution is 8.00. The number of nitrogens with one attached hydrogen (secondary N) is 1. The van der Waals surface area contributed by atoms with E-state index in [0.717, 1.165) is 52.8 Å². The fourth-order valence-electron chi connectivity index (χ4n) is 3.66. The van der Waals surface area contributed by atoms with Crippen LogP contribution in [0.5, 0.6) is 0 Å². The number of anilines is 1. The Labute approximate surface area is 186 Å². The smallest absolute Gasteiger partial charge is 0.325 e. The summed E-state index contributed by atoms with van der Waals surface area (Å²) in [6.45, 7) is 4.04. The van der Waals surface area contributed by atoms with Gasteiger partial charge in [0.05, 0.1) is 17.0 Å². The first kappa shape index (κ1) is 22.1. The van der Waals surface area contributed by atoms with Gasteiger partial charge in [-0.1, -0.05) is 37.7 Å². The molecular formula is C22H22F3N3OS2. The van der Waals surface area contributed by atoms with Gasteiger partial charge in [0.1, 0.15) is 15.7 Å². The number of aromatic nitrogens is 2. The number of alkyl halides is 3. The molecule has 2 aromatic heterocycles. The maximum atomic E-state index is 13.2. The molecule has 0 radical (unpaired) electrons. The van der Waals surface area contributed by atoms with Crippen molar-refractivity contribution in [2.24, 2.45) is 0 Å². The minimum atomic E-state index is -4.53. The van der Waals surface area contributed by atoms with Gasteiger partial charge < -0.3 is 5.32 Å². The molecule has 1 amide bonds. The molecular weight excluding hydrogens is 443 g/mol. The first-order chi connectivity index (χ1) is 14.7. The highest BCUT2D eigenvalue weighted by Crippen LogP contribution is 2.40. The van der Waals surface area contributed by atoms with Crippen molar-refractivity contribution >= 4 is 44.9 Å². The maximum Gasteiger partial charge on any atom is 0.418 e. The summed E-state index contributed by atoms with van der Waals surface area (Å²) >= 11 is 2.96. The van der Waals surface area contributed by atoms with E-state index in [1.54, 1.807) is 11.3 Å². The second-order valence-corrected chi connectivity index (χ2v) is 9.86. The highest BCUT2D eigenvalue weighted by atomic mass is 32.2. The van der Waals surface area contributed by atoms with E-state index in [9.17, 15) is 18.0 Å². The van der Waals surface area contributed by atoms with E-state index in [1.165, 1.54) is 40.4 Å². The Kier molecular flexibility index (Phi) is 6.25. The van der Waals surface area contributed by atoms with E-state index < -0.39 is 17.6 Å². The topological polar surface area (TPSA) is 54.9 Å². The minimum Gasteiger partial charge on any atom is -0.325 e. The summed E-state index contributed by atoms with van der Waals surface area (Å²) in [5.41, 5.74) is 0.183. The molecule has 1 aliphatic carbocycles. The number of fused-ring (bicyclic) bond motifs is 3. The molecule has 9 heteroatoms. The van der Waals surface area contributed by atoms with Crippen molar-refractivity contribution in [3.63, 3.8) is 0 Å². The Morgan fingerprint density at radius 1 is 1.19 bits per heavy atom. The van der Waals surface area contributed by atoms with Crippen molar-refractivity contribution in [2.45, 2.75) is 56.7 Å². The Morgan fingerprint density at radius 3 is 2.68 bits per heavy atom. The normalized spacial score (nSPS) is 14.1. The maximum absolute atomic E-state index is 13.2. The number of halogens is 3. The van der Waals surface area contributed by atoms with Crippen LogP contribution in [0.1, 0.15) is 54.4 Å². The Bertz CT molecular complexity index is 1130. The van der Waals surface area contributed by atoms with Gasteiger partial charge in [-0.05, 0) is 43.4 Å². The summed E-state index contributed by atoms with van der Waals surface area (Å²) in [4.78, 5) is 24.2. The molecule has 0 aliphatic heterocycles. The van der Waals surface area contributed by atoms with E-state index in [1.807, 2.05) is 13.8 Å². The van der Waals surface area contributed by atoms with Crippen LogP contribution in [0.15, 0.2) is 29.3 Å². The molecule has 1 N–H and O–H groups in total. The third-order valence-corrected chi connectivity index (χ3v) is 7.32. The SMILES string of the molecule is CC(C)c1nc(SCC(=O)Nc2ccccc2C(F)(F)F)c2c3c(sc2n1)CCCC3. The molecule has 4 nitrogen and oxygen atoms in total. The van der Waals surface area contributed by atoms with Crippen LogP contribution in [0.3, 0.4) is 0 Å². The number of carbonyl (C=O) groups is 1. The molecule has 31 heavy (non-hydrogen) atoms. The minimum absolute atomic E-state index is 0.0273. The van der Waals surface area contributed by atoms with Crippen molar-refractivity contribution in [1.82, 2.24) is 9.97 Å². The van der Waals surface area contributed by atoms with Gasteiger partial charge in [-0.15, -0.1) is 11.3 Å². The van der Waals surface area contributed by atoms with Crippen LogP contribution in [-0.2, 0) is 23.8 Å². The zero-order valence-corrected chi connectivity index (χ0v) is 18.8. The number of nitrogens with zero attached hydrogens (tertiary/aromatic N) is 2. The summed E-state index contributed by atoms with van der Waals surface area (Å²) in [7, 11) is 0. The van der Waals surface area contributed by atoms with Crippen LogP contribution in [0, 0.1) is 0 Å². The van der Waals surface area contributed by atoms with Gasteiger partial charge in [0.15, 0.2) is 0 Å².